The minimum atomic E-state index is -0.115. The summed E-state index contributed by atoms with van der Waals surface area (Å²) in [6, 6.07) is 23.0. The summed E-state index contributed by atoms with van der Waals surface area (Å²) >= 11 is 0. The summed E-state index contributed by atoms with van der Waals surface area (Å²) in [4.78, 5) is 17.3. The van der Waals surface area contributed by atoms with E-state index in [1.807, 2.05) is 86.6 Å². The van der Waals surface area contributed by atoms with Crippen LogP contribution in [0.1, 0.15) is 21.5 Å². The van der Waals surface area contributed by atoms with Crippen LogP contribution in [0.3, 0.4) is 0 Å². The Morgan fingerprint density at radius 3 is 2.33 bits per heavy atom. The summed E-state index contributed by atoms with van der Waals surface area (Å²) in [5, 5.41) is 7.31. The molecule has 5 heteroatoms. The number of carbonyl (C=O) groups is 1. The Balaban J connectivity index is 1.57. The molecule has 0 atom stereocenters. The van der Waals surface area contributed by atoms with E-state index in [0.29, 0.717) is 5.56 Å². The number of nitrogens with one attached hydrogen (secondary N) is 2. The Kier molecular flexibility index (Phi) is 5.35. The molecule has 4 aromatic rings. The SMILES string of the molecule is COc1ccc(Nc2cc(C)c3cc(NC(=O)c4ccccc4C)ccc3n2)cc1. The molecule has 1 amide bonds. The molecular formula is C25H23N3O2. The quantitative estimate of drug-likeness (QED) is 0.443. The molecule has 30 heavy (non-hydrogen) atoms. The van der Waals surface area contributed by atoms with E-state index < -0.39 is 0 Å². The second kappa shape index (κ2) is 8.25. The molecule has 0 saturated heterocycles. The van der Waals surface area contributed by atoms with Crippen molar-refractivity contribution in [3.8, 4) is 5.75 Å². The summed E-state index contributed by atoms with van der Waals surface area (Å²) in [6.07, 6.45) is 0. The van der Waals surface area contributed by atoms with Gasteiger partial charge in [0.25, 0.3) is 5.91 Å². The number of amides is 1. The van der Waals surface area contributed by atoms with Crippen LogP contribution in [0, 0.1) is 13.8 Å². The van der Waals surface area contributed by atoms with Gasteiger partial charge in [0.2, 0.25) is 0 Å². The largest absolute Gasteiger partial charge is 0.497 e. The molecule has 0 unspecified atom stereocenters. The lowest BCUT2D eigenvalue weighted by atomic mass is 10.1. The lowest BCUT2D eigenvalue weighted by Crippen LogP contribution is -2.13. The van der Waals surface area contributed by atoms with Crippen LogP contribution < -0.4 is 15.4 Å². The zero-order valence-electron chi connectivity index (χ0n) is 17.2. The van der Waals surface area contributed by atoms with Gasteiger partial charge in [-0.3, -0.25) is 4.79 Å². The van der Waals surface area contributed by atoms with Gasteiger partial charge in [-0.25, -0.2) is 4.98 Å². The van der Waals surface area contributed by atoms with Crippen molar-refractivity contribution in [3.63, 3.8) is 0 Å². The molecule has 0 aliphatic rings. The van der Waals surface area contributed by atoms with Crippen LogP contribution in [0.4, 0.5) is 17.2 Å². The van der Waals surface area contributed by atoms with E-state index in [1.165, 1.54) is 0 Å². The predicted molar refractivity (Wildman–Crippen MR) is 122 cm³/mol. The molecule has 1 aromatic heterocycles. The Hall–Kier alpha value is -3.86. The van der Waals surface area contributed by atoms with Crippen LogP contribution in [0.15, 0.2) is 72.8 Å². The Morgan fingerprint density at radius 2 is 1.60 bits per heavy atom. The fraction of sp³-hybridized carbons (Fsp3) is 0.120. The normalized spacial score (nSPS) is 10.6. The highest BCUT2D eigenvalue weighted by atomic mass is 16.5. The first-order chi connectivity index (χ1) is 14.5. The van der Waals surface area contributed by atoms with E-state index in [-0.39, 0.29) is 5.91 Å². The fourth-order valence-electron chi connectivity index (χ4n) is 3.38. The molecule has 0 radical (unpaired) electrons. The minimum absolute atomic E-state index is 0.115. The number of nitrogens with zero attached hydrogens (tertiary/aromatic N) is 1. The van der Waals surface area contributed by atoms with E-state index in [1.54, 1.807) is 7.11 Å². The Labute approximate surface area is 175 Å². The van der Waals surface area contributed by atoms with Crippen molar-refractivity contribution in [2.75, 3.05) is 17.7 Å². The number of benzene rings is 3. The molecule has 150 valence electrons. The standard InChI is InChI=1S/C25H23N3O2/c1-16-6-4-5-7-21(16)25(29)27-19-10-13-23-22(15-19)17(2)14-24(28-23)26-18-8-11-20(30-3)12-9-18/h4-15H,1-3H3,(H,26,28)(H,27,29). The third-order valence-electron chi connectivity index (χ3n) is 5.03. The molecule has 0 spiro atoms. The van der Waals surface area contributed by atoms with Gasteiger partial charge in [0.15, 0.2) is 0 Å². The maximum absolute atomic E-state index is 12.6. The number of hydrogen-bond donors (Lipinski definition) is 2. The molecule has 0 fully saturated rings. The van der Waals surface area contributed by atoms with Gasteiger partial charge < -0.3 is 15.4 Å². The van der Waals surface area contributed by atoms with E-state index in [4.69, 9.17) is 9.72 Å². The first-order valence-corrected chi connectivity index (χ1v) is 9.73. The average Bonchev–Trinajstić information content (AvgIpc) is 2.75. The van der Waals surface area contributed by atoms with Gasteiger partial charge in [-0.2, -0.15) is 0 Å². The maximum atomic E-state index is 12.6. The van der Waals surface area contributed by atoms with Gasteiger partial charge in [0, 0.05) is 22.3 Å². The number of aromatic nitrogens is 1. The summed E-state index contributed by atoms with van der Waals surface area (Å²) in [5.74, 6) is 1.46. The number of hydrogen-bond acceptors (Lipinski definition) is 4. The Bertz CT molecular complexity index is 1220. The van der Waals surface area contributed by atoms with Crippen molar-refractivity contribution in [2.24, 2.45) is 0 Å². The van der Waals surface area contributed by atoms with E-state index in [0.717, 1.165) is 45.0 Å². The summed E-state index contributed by atoms with van der Waals surface area (Å²) < 4.78 is 5.20. The number of methoxy groups -OCH3 is 1. The van der Waals surface area contributed by atoms with E-state index in [2.05, 4.69) is 10.6 Å². The zero-order chi connectivity index (χ0) is 21.1. The van der Waals surface area contributed by atoms with Crippen LogP contribution >= 0.6 is 0 Å². The van der Waals surface area contributed by atoms with E-state index >= 15 is 0 Å². The number of fused-ring (bicyclic) bond motifs is 1. The number of rotatable bonds is 5. The minimum Gasteiger partial charge on any atom is -0.497 e. The smallest absolute Gasteiger partial charge is 0.255 e. The molecule has 0 aliphatic carbocycles. The lowest BCUT2D eigenvalue weighted by molar-refractivity contribution is 0.102. The maximum Gasteiger partial charge on any atom is 0.255 e. The second-order valence-corrected chi connectivity index (χ2v) is 7.18. The molecule has 0 bridgehead atoms. The third kappa shape index (κ3) is 4.10. The second-order valence-electron chi connectivity index (χ2n) is 7.18. The third-order valence-corrected chi connectivity index (χ3v) is 5.03. The number of pyridine rings is 1. The van der Waals surface area contributed by atoms with Crippen molar-refractivity contribution in [1.29, 1.82) is 0 Å². The molecule has 2 N–H and O–H groups in total. The molecule has 5 nitrogen and oxygen atoms in total. The van der Waals surface area contributed by atoms with Crippen LogP contribution in [-0.2, 0) is 0 Å². The van der Waals surface area contributed by atoms with Crippen molar-refractivity contribution in [1.82, 2.24) is 4.98 Å². The molecule has 0 saturated carbocycles. The van der Waals surface area contributed by atoms with Gasteiger partial charge in [0.05, 0.1) is 12.6 Å². The van der Waals surface area contributed by atoms with Gasteiger partial charge >= 0.3 is 0 Å². The molecular weight excluding hydrogens is 374 g/mol. The average molecular weight is 397 g/mol. The van der Waals surface area contributed by atoms with Crippen LogP contribution in [0.2, 0.25) is 0 Å². The first kappa shape index (κ1) is 19.5. The van der Waals surface area contributed by atoms with E-state index in [9.17, 15) is 4.79 Å². The molecule has 0 aliphatic heterocycles. The van der Waals surface area contributed by atoms with Crippen molar-refractivity contribution in [2.45, 2.75) is 13.8 Å². The topological polar surface area (TPSA) is 63.2 Å². The number of aryl methyl sites for hydroxylation is 2. The number of carbonyl (C=O) groups excluding carboxylic acids is 1. The highest BCUT2D eigenvalue weighted by molar-refractivity contribution is 6.06. The summed E-state index contributed by atoms with van der Waals surface area (Å²) in [7, 11) is 1.65. The Morgan fingerprint density at radius 1 is 0.867 bits per heavy atom. The summed E-state index contributed by atoms with van der Waals surface area (Å²) in [6.45, 7) is 3.97. The van der Waals surface area contributed by atoms with Crippen LogP contribution in [0.25, 0.3) is 10.9 Å². The van der Waals surface area contributed by atoms with Crippen molar-refractivity contribution in [3.05, 3.63) is 89.5 Å². The highest BCUT2D eigenvalue weighted by Crippen LogP contribution is 2.26. The predicted octanol–water partition coefficient (Wildman–Crippen LogP) is 5.86. The molecule has 3 aromatic carbocycles. The van der Waals surface area contributed by atoms with Gasteiger partial charge in [-0.05, 0) is 79.6 Å². The van der Waals surface area contributed by atoms with Gasteiger partial charge in [-0.15, -0.1) is 0 Å². The summed E-state index contributed by atoms with van der Waals surface area (Å²) in [5.41, 5.74) is 5.23. The van der Waals surface area contributed by atoms with Crippen LogP contribution in [-0.4, -0.2) is 18.0 Å². The fourth-order valence-corrected chi connectivity index (χ4v) is 3.38. The molecule has 4 rings (SSSR count). The van der Waals surface area contributed by atoms with Gasteiger partial charge in [0.1, 0.15) is 11.6 Å². The monoisotopic (exact) mass is 397 g/mol. The number of anilines is 3. The molecule has 1 heterocycles. The first-order valence-electron chi connectivity index (χ1n) is 9.73. The highest BCUT2D eigenvalue weighted by Gasteiger charge is 2.10. The number of ether oxygens (including phenoxy) is 1. The van der Waals surface area contributed by atoms with Crippen molar-refractivity contribution < 1.29 is 9.53 Å². The van der Waals surface area contributed by atoms with Crippen molar-refractivity contribution >= 4 is 34.0 Å². The van der Waals surface area contributed by atoms with Crippen LogP contribution in [0.5, 0.6) is 5.75 Å². The zero-order valence-corrected chi connectivity index (χ0v) is 17.2. The lowest BCUT2D eigenvalue weighted by Gasteiger charge is -2.12. The van der Waals surface area contributed by atoms with Gasteiger partial charge in [-0.1, -0.05) is 18.2 Å².